The summed E-state index contributed by atoms with van der Waals surface area (Å²) in [6.07, 6.45) is 1.83. The number of benzene rings is 1. The zero-order valence-electron chi connectivity index (χ0n) is 12.9. The molecule has 0 fully saturated rings. The van der Waals surface area contributed by atoms with Gasteiger partial charge in [0.15, 0.2) is 11.6 Å². The van der Waals surface area contributed by atoms with Crippen LogP contribution in [0, 0.1) is 12.7 Å². The molecule has 2 N–H and O–H groups in total. The van der Waals surface area contributed by atoms with Gasteiger partial charge in [0.25, 0.3) is 0 Å². The zero-order valence-corrected chi connectivity index (χ0v) is 12.9. The van der Waals surface area contributed by atoms with Crippen molar-refractivity contribution in [1.29, 1.82) is 0 Å². The van der Waals surface area contributed by atoms with Gasteiger partial charge in [0.2, 0.25) is 0 Å². The Morgan fingerprint density at radius 1 is 1.48 bits per heavy atom. The van der Waals surface area contributed by atoms with Crippen LogP contribution >= 0.6 is 0 Å². The first-order valence-corrected chi connectivity index (χ1v) is 7.26. The Balaban J connectivity index is 2.47. The summed E-state index contributed by atoms with van der Waals surface area (Å²) in [5.41, 5.74) is -0.0452. The third-order valence-corrected chi connectivity index (χ3v) is 3.40. The van der Waals surface area contributed by atoms with Crippen LogP contribution in [0.4, 0.5) is 4.39 Å². The second-order valence-corrected chi connectivity index (χ2v) is 5.45. The quantitative estimate of drug-likeness (QED) is 0.688. The summed E-state index contributed by atoms with van der Waals surface area (Å²) in [7, 11) is 0. The molecule has 0 radical (unpaired) electrons. The number of carboxylic acid groups (broad SMARTS) is 1. The largest absolute Gasteiger partial charge is 0.491 e. The number of halogens is 1. The molecule has 21 heavy (non-hydrogen) atoms. The van der Waals surface area contributed by atoms with Gasteiger partial charge in [-0.15, -0.1) is 0 Å². The van der Waals surface area contributed by atoms with Gasteiger partial charge in [-0.2, -0.15) is 0 Å². The Kier molecular flexibility index (Phi) is 6.62. The van der Waals surface area contributed by atoms with E-state index in [1.54, 1.807) is 19.1 Å². The van der Waals surface area contributed by atoms with Crippen molar-refractivity contribution in [1.82, 2.24) is 5.32 Å². The van der Waals surface area contributed by atoms with E-state index in [0.29, 0.717) is 19.4 Å². The molecule has 1 atom stereocenters. The maximum absolute atomic E-state index is 13.5. The van der Waals surface area contributed by atoms with Crippen molar-refractivity contribution in [2.24, 2.45) is 0 Å². The van der Waals surface area contributed by atoms with Crippen LogP contribution in [0.25, 0.3) is 0 Å². The van der Waals surface area contributed by atoms with Gasteiger partial charge in [-0.1, -0.05) is 13.0 Å². The van der Waals surface area contributed by atoms with E-state index in [9.17, 15) is 14.3 Å². The Bertz CT molecular complexity index is 479. The van der Waals surface area contributed by atoms with Crippen molar-refractivity contribution in [2.45, 2.75) is 45.6 Å². The molecule has 5 heteroatoms. The number of carboxylic acids is 1. The number of aryl methyl sites for hydroxylation is 1. The molecule has 0 amide bonds. The van der Waals surface area contributed by atoms with Crippen molar-refractivity contribution < 1.29 is 19.0 Å². The lowest BCUT2D eigenvalue weighted by Gasteiger charge is -2.26. The Morgan fingerprint density at radius 2 is 2.19 bits per heavy atom. The van der Waals surface area contributed by atoms with Gasteiger partial charge in [0, 0.05) is 0 Å². The van der Waals surface area contributed by atoms with E-state index in [-0.39, 0.29) is 12.4 Å². The second-order valence-electron chi connectivity index (χ2n) is 5.45. The first-order valence-electron chi connectivity index (χ1n) is 7.26. The van der Waals surface area contributed by atoms with Crippen LogP contribution in [0.15, 0.2) is 18.2 Å². The first kappa shape index (κ1) is 17.4. The Morgan fingerprint density at radius 3 is 2.81 bits per heavy atom. The molecule has 0 aliphatic heterocycles. The fraction of sp³-hybridized carbons (Fsp3) is 0.562. The molecule has 0 aliphatic carbocycles. The van der Waals surface area contributed by atoms with Crippen LogP contribution in [0.2, 0.25) is 0 Å². The number of nitrogens with one attached hydrogen (secondary N) is 1. The van der Waals surface area contributed by atoms with Gasteiger partial charge in [-0.05, 0) is 57.4 Å². The maximum Gasteiger partial charge on any atom is 0.323 e. The highest BCUT2D eigenvalue weighted by Crippen LogP contribution is 2.19. The fourth-order valence-electron chi connectivity index (χ4n) is 2.00. The predicted octanol–water partition coefficient (Wildman–Crippen LogP) is 3.14. The van der Waals surface area contributed by atoms with Gasteiger partial charge in [-0.25, -0.2) is 4.39 Å². The van der Waals surface area contributed by atoms with Crippen molar-refractivity contribution in [3.63, 3.8) is 0 Å². The first-order chi connectivity index (χ1) is 9.89. The summed E-state index contributed by atoms with van der Waals surface area (Å²) < 4.78 is 18.9. The summed E-state index contributed by atoms with van der Waals surface area (Å²) >= 11 is 0. The van der Waals surface area contributed by atoms with E-state index in [1.807, 2.05) is 13.8 Å². The van der Waals surface area contributed by atoms with Crippen molar-refractivity contribution in [3.8, 4) is 5.75 Å². The molecule has 1 aromatic rings. The van der Waals surface area contributed by atoms with Crippen LogP contribution < -0.4 is 10.1 Å². The van der Waals surface area contributed by atoms with Crippen LogP contribution in [0.1, 0.15) is 38.7 Å². The smallest absolute Gasteiger partial charge is 0.323 e. The number of hydrogen-bond acceptors (Lipinski definition) is 3. The molecule has 0 aromatic heterocycles. The molecule has 1 unspecified atom stereocenters. The number of hydrogen-bond donors (Lipinski definition) is 2. The van der Waals surface area contributed by atoms with Crippen LogP contribution in [-0.4, -0.2) is 29.8 Å². The van der Waals surface area contributed by atoms with Crippen molar-refractivity contribution in [3.05, 3.63) is 29.6 Å². The third-order valence-electron chi connectivity index (χ3n) is 3.40. The SMILES string of the molecule is CCCNC(C)(CCCOc1cc(C)ccc1F)C(=O)O. The van der Waals surface area contributed by atoms with E-state index in [2.05, 4.69) is 5.32 Å². The highest BCUT2D eigenvalue weighted by molar-refractivity contribution is 5.78. The van der Waals surface area contributed by atoms with Crippen LogP contribution in [-0.2, 0) is 4.79 Å². The zero-order chi connectivity index (χ0) is 15.9. The summed E-state index contributed by atoms with van der Waals surface area (Å²) in [5, 5.41) is 12.3. The average molecular weight is 297 g/mol. The molecule has 0 spiro atoms. The normalized spacial score (nSPS) is 13.7. The number of aliphatic carboxylic acids is 1. The van der Waals surface area contributed by atoms with E-state index >= 15 is 0 Å². The molecule has 1 rings (SSSR count). The Labute approximate surface area is 125 Å². The van der Waals surface area contributed by atoms with E-state index in [1.165, 1.54) is 6.07 Å². The minimum atomic E-state index is -0.968. The molecular formula is C16H24FNO3. The van der Waals surface area contributed by atoms with Crippen LogP contribution in [0.5, 0.6) is 5.75 Å². The highest BCUT2D eigenvalue weighted by atomic mass is 19.1. The van der Waals surface area contributed by atoms with E-state index < -0.39 is 17.3 Å². The lowest BCUT2D eigenvalue weighted by atomic mass is 9.96. The standard InChI is InChI=1S/C16H24FNO3/c1-4-9-18-16(3,15(19)20)8-5-10-21-14-11-12(2)6-7-13(14)17/h6-7,11,18H,4-5,8-10H2,1-3H3,(H,19,20). The molecule has 118 valence electrons. The molecule has 0 aliphatic rings. The number of ether oxygens (including phenoxy) is 1. The molecule has 0 heterocycles. The van der Waals surface area contributed by atoms with Gasteiger partial charge >= 0.3 is 5.97 Å². The Hall–Kier alpha value is -1.62. The third kappa shape index (κ3) is 5.34. The van der Waals surface area contributed by atoms with E-state index in [4.69, 9.17) is 4.74 Å². The topological polar surface area (TPSA) is 58.6 Å². The van der Waals surface area contributed by atoms with Crippen molar-refractivity contribution >= 4 is 5.97 Å². The molecule has 4 nitrogen and oxygen atoms in total. The van der Waals surface area contributed by atoms with Crippen LogP contribution in [0.3, 0.4) is 0 Å². The number of rotatable bonds is 9. The van der Waals surface area contributed by atoms with Gasteiger partial charge in [0.1, 0.15) is 5.54 Å². The monoisotopic (exact) mass is 297 g/mol. The summed E-state index contributed by atoms with van der Waals surface area (Å²) in [5.74, 6) is -1.06. The molecule has 0 bridgehead atoms. The molecule has 0 saturated carbocycles. The summed E-state index contributed by atoms with van der Waals surface area (Å²) in [4.78, 5) is 11.3. The molecular weight excluding hydrogens is 273 g/mol. The van der Waals surface area contributed by atoms with Gasteiger partial charge in [-0.3, -0.25) is 4.79 Å². The lowest BCUT2D eigenvalue weighted by molar-refractivity contribution is -0.144. The highest BCUT2D eigenvalue weighted by Gasteiger charge is 2.31. The van der Waals surface area contributed by atoms with E-state index in [0.717, 1.165) is 12.0 Å². The average Bonchev–Trinajstić information content (AvgIpc) is 2.44. The summed E-state index contributed by atoms with van der Waals surface area (Å²) in [6.45, 7) is 6.45. The molecule has 0 saturated heterocycles. The number of carbonyl (C=O) groups is 1. The molecule has 1 aromatic carbocycles. The minimum absolute atomic E-state index is 0.216. The predicted molar refractivity (Wildman–Crippen MR) is 80.2 cm³/mol. The maximum atomic E-state index is 13.5. The van der Waals surface area contributed by atoms with Crippen molar-refractivity contribution in [2.75, 3.05) is 13.2 Å². The fourth-order valence-corrected chi connectivity index (χ4v) is 2.00. The lowest BCUT2D eigenvalue weighted by Crippen LogP contribution is -2.49. The minimum Gasteiger partial charge on any atom is -0.491 e. The summed E-state index contributed by atoms with van der Waals surface area (Å²) in [6, 6.07) is 4.69. The van der Waals surface area contributed by atoms with Gasteiger partial charge < -0.3 is 15.2 Å². The van der Waals surface area contributed by atoms with Gasteiger partial charge in [0.05, 0.1) is 6.61 Å². The second kappa shape index (κ2) is 7.98.